The van der Waals surface area contributed by atoms with Crippen molar-refractivity contribution in [1.29, 1.82) is 0 Å². The van der Waals surface area contributed by atoms with E-state index in [0.29, 0.717) is 35.0 Å². The molecule has 37 heavy (non-hydrogen) atoms. The van der Waals surface area contributed by atoms with E-state index in [-0.39, 0.29) is 23.8 Å². The summed E-state index contributed by atoms with van der Waals surface area (Å²) >= 11 is 1.24. The van der Waals surface area contributed by atoms with Gasteiger partial charge >= 0.3 is 0 Å². The standard InChI is InChI=1S/C26H26N4O5S2/c31-23(13-16-30-24(32)20-7-3-4-8-21(20)25(30)33)28-26-27-22(17-36-26)18-9-11-19(12-10-18)37(34,35)29-14-5-1-2-6-15-29/h3-4,7-12,17H,1-2,5-6,13-16H2,(H,27,28,31). The summed E-state index contributed by atoms with van der Waals surface area (Å²) in [6.07, 6.45) is 3.81. The third-order valence-electron chi connectivity index (χ3n) is 6.54. The molecule has 1 N–H and O–H groups in total. The van der Waals surface area contributed by atoms with Crippen molar-refractivity contribution in [2.45, 2.75) is 37.0 Å². The van der Waals surface area contributed by atoms with Gasteiger partial charge in [-0.3, -0.25) is 19.3 Å². The molecule has 3 aromatic rings. The van der Waals surface area contributed by atoms with Gasteiger partial charge in [0.05, 0.1) is 21.7 Å². The Morgan fingerprint density at radius 2 is 1.54 bits per heavy atom. The summed E-state index contributed by atoms with van der Waals surface area (Å²) in [5.41, 5.74) is 2.04. The lowest BCUT2D eigenvalue weighted by Gasteiger charge is -2.19. The molecule has 5 rings (SSSR count). The van der Waals surface area contributed by atoms with Gasteiger partial charge in [0.25, 0.3) is 11.8 Å². The van der Waals surface area contributed by atoms with Gasteiger partial charge in [-0.05, 0) is 37.1 Å². The van der Waals surface area contributed by atoms with E-state index in [1.165, 1.54) is 11.3 Å². The van der Waals surface area contributed by atoms with Crippen molar-refractivity contribution >= 4 is 44.2 Å². The van der Waals surface area contributed by atoms with E-state index in [0.717, 1.165) is 36.1 Å². The van der Waals surface area contributed by atoms with Gasteiger partial charge in [-0.15, -0.1) is 11.3 Å². The van der Waals surface area contributed by atoms with Gasteiger partial charge in [0.15, 0.2) is 5.13 Å². The van der Waals surface area contributed by atoms with Crippen molar-refractivity contribution in [3.63, 3.8) is 0 Å². The maximum absolute atomic E-state index is 13.0. The zero-order valence-corrected chi connectivity index (χ0v) is 21.7. The highest BCUT2D eigenvalue weighted by atomic mass is 32.2. The van der Waals surface area contributed by atoms with E-state index in [2.05, 4.69) is 10.3 Å². The molecule has 192 valence electrons. The Morgan fingerprint density at radius 1 is 0.919 bits per heavy atom. The first-order chi connectivity index (χ1) is 17.8. The quantitative estimate of drug-likeness (QED) is 0.455. The Bertz CT molecular complexity index is 1410. The van der Waals surface area contributed by atoms with Crippen LogP contribution >= 0.6 is 11.3 Å². The lowest BCUT2D eigenvalue weighted by molar-refractivity contribution is -0.116. The van der Waals surface area contributed by atoms with Gasteiger partial charge in [-0.25, -0.2) is 13.4 Å². The Balaban J connectivity index is 1.19. The van der Waals surface area contributed by atoms with Gasteiger partial charge in [0.1, 0.15) is 0 Å². The molecule has 2 aromatic carbocycles. The average Bonchev–Trinajstić information content (AvgIpc) is 3.31. The normalized spacial score (nSPS) is 16.5. The van der Waals surface area contributed by atoms with Crippen molar-refractivity contribution in [2.24, 2.45) is 0 Å². The number of carbonyl (C=O) groups excluding carboxylic acids is 3. The smallest absolute Gasteiger partial charge is 0.261 e. The Kier molecular flexibility index (Phi) is 7.18. The number of hydrogen-bond acceptors (Lipinski definition) is 7. The minimum Gasteiger partial charge on any atom is -0.302 e. The molecular weight excluding hydrogens is 512 g/mol. The topological polar surface area (TPSA) is 117 Å². The maximum atomic E-state index is 13.0. The fourth-order valence-corrected chi connectivity index (χ4v) is 6.78. The second-order valence-corrected chi connectivity index (χ2v) is 11.8. The molecule has 0 spiro atoms. The molecule has 3 heterocycles. The first-order valence-corrected chi connectivity index (χ1v) is 14.5. The summed E-state index contributed by atoms with van der Waals surface area (Å²) in [7, 11) is -3.53. The van der Waals surface area contributed by atoms with Crippen LogP contribution in [0.15, 0.2) is 58.8 Å². The van der Waals surface area contributed by atoms with E-state index in [4.69, 9.17) is 0 Å². The van der Waals surface area contributed by atoms with Crippen LogP contribution < -0.4 is 5.32 Å². The number of fused-ring (bicyclic) bond motifs is 1. The number of sulfonamides is 1. The first-order valence-electron chi connectivity index (χ1n) is 12.2. The van der Waals surface area contributed by atoms with Crippen molar-refractivity contribution in [3.05, 3.63) is 65.0 Å². The molecule has 1 aromatic heterocycles. The molecule has 9 nitrogen and oxygen atoms in total. The van der Waals surface area contributed by atoms with Crippen molar-refractivity contribution in [3.8, 4) is 11.3 Å². The van der Waals surface area contributed by atoms with Gasteiger partial charge in [0, 0.05) is 37.0 Å². The van der Waals surface area contributed by atoms with Crippen LogP contribution in [0.3, 0.4) is 0 Å². The van der Waals surface area contributed by atoms with Crippen molar-refractivity contribution in [1.82, 2.24) is 14.2 Å². The van der Waals surface area contributed by atoms with E-state index in [1.54, 1.807) is 58.2 Å². The zero-order valence-electron chi connectivity index (χ0n) is 20.1. The maximum Gasteiger partial charge on any atom is 0.261 e. The minimum absolute atomic E-state index is 0.0244. The summed E-state index contributed by atoms with van der Waals surface area (Å²) in [4.78, 5) is 43.1. The highest BCUT2D eigenvalue weighted by Crippen LogP contribution is 2.28. The third kappa shape index (κ3) is 5.20. The van der Waals surface area contributed by atoms with Gasteiger partial charge in [-0.1, -0.05) is 37.1 Å². The largest absolute Gasteiger partial charge is 0.302 e. The van der Waals surface area contributed by atoms with Crippen LogP contribution in [0.1, 0.15) is 52.8 Å². The molecule has 3 amide bonds. The average molecular weight is 539 g/mol. The van der Waals surface area contributed by atoms with Gasteiger partial charge in [-0.2, -0.15) is 4.31 Å². The Labute approximate surface area is 219 Å². The predicted molar refractivity (Wildman–Crippen MR) is 140 cm³/mol. The zero-order chi connectivity index (χ0) is 26.0. The first kappa shape index (κ1) is 25.2. The molecule has 0 atom stereocenters. The van der Waals surface area contributed by atoms with E-state index < -0.39 is 21.8 Å². The molecule has 0 saturated carbocycles. The van der Waals surface area contributed by atoms with Crippen molar-refractivity contribution < 1.29 is 22.8 Å². The molecule has 0 unspecified atom stereocenters. The number of thiazole rings is 1. The number of carbonyl (C=O) groups is 3. The van der Waals surface area contributed by atoms with Crippen LogP contribution in [0.2, 0.25) is 0 Å². The van der Waals surface area contributed by atoms with E-state index in [1.807, 2.05) is 0 Å². The molecule has 11 heteroatoms. The summed E-state index contributed by atoms with van der Waals surface area (Å²) in [6.45, 7) is 1.07. The van der Waals surface area contributed by atoms with Crippen LogP contribution in [0.4, 0.5) is 5.13 Å². The number of nitrogens with zero attached hydrogens (tertiary/aromatic N) is 3. The summed E-state index contributed by atoms with van der Waals surface area (Å²) in [6, 6.07) is 13.2. The number of aromatic nitrogens is 1. The molecule has 1 fully saturated rings. The van der Waals surface area contributed by atoms with E-state index >= 15 is 0 Å². The number of nitrogens with one attached hydrogen (secondary N) is 1. The number of hydrogen-bond donors (Lipinski definition) is 1. The predicted octanol–water partition coefficient (Wildman–Crippen LogP) is 4.00. The number of imide groups is 1. The second kappa shape index (κ2) is 10.5. The second-order valence-electron chi connectivity index (χ2n) is 8.99. The highest BCUT2D eigenvalue weighted by Gasteiger charge is 2.35. The number of benzene rings is 2. The Hall–Kier alpha value is -3.41. The number of anilines is 1. The third-order valence-corrected chi connectivity index (χ3v) is 9.21. The summed E-state index contributed by atoms with van der Waals surface area (Å²) in [5, 5.41) is 4.86. The van der Waals surface area contributed by atoms with Crippen LogP contribution in [-0.4, -0.2) is 60.0 Å². The monoisotopic (exact) mass is 538 g/mol. The van der Waals surface area contributed by atoms with Gasteiger partial charge < -0.3 is 5.32 Å². The van der Waals surface area contributed by atoms with Crippen LogP contribution in [-0.2, 0) is 14.8 Å². The molecule has 2 aliphatic rings. The lowest BCUT2D eigenvalue weighted by atomic mass is 10.1. The van der Waals surface area contributed by atoms with Crippen LogP contribution in [0, 0.1) is 0 Å². The molecule has 0 radical (unpaired) electrons. The summed E-state index contributed by atoms with van der Waals surface area (Å²) < 4.78 is 27.6. The van der Waals surface area contributed by atoms with E-state index in [9.17, 15) is 22.8 Å². The molecule has 2 aliphatic heterocycles. The van der Waals surface area contributed by atoms with Crippen molar-refractivity contribution in [2.75, 3.05) is 25.0 Å². The van der Waals surface area contributed by atoms with Crippen LogP contribution in [0.5, 0.6) is 0 Å². The molecule has 1 saturated heterocycles. The fraction of sp³-hybridized carbons (Fsp3) is 0.308. The minimum atomic E-state index is -3.53. The Morgan fingerprint density at radius 3 is 2.16 bits per heavy atom. The number of amides is 3. The molecule has 0 bridgehead atoms. The van der Waals surface area contributed by atoms with Crippen LogP contribution in [0.25, 0.3) is 11.3 Å². The van der Waals surface area contributed by atoms with Gasteiger partial charge in [0.2, 0.25) is 15.9 Å². The number of rotatable bonds is 7. The SMILES string of the molecule is O=C(CCN1C(=O)c2ccccc2C1=O)Nc1nc(-c2ccc(S(=O)(=O)N3CCCCCC3)cc2)cs1. The molecule has 0 aliphatic carbocycles. The highest BCUT2D eigenvalue weighted by molar-refractivity contribution is 7.89. The molecular formula is C26H26N4O5S2. The lowest BCUT2D eigenvalue weighted by Crippen LogP contribution is -2.32. The fourth-order valence-electron chi connectivity index (χ4n) is 4.53. The summed E-state index contributed by atoms with van der Waals surface area (Å²) in [5.74, 6) is -1.16.